The van der Waals surface area contributed by atoms with Crippen LogP contribution in [0.25, 0.3) is 0 Å². The SMILES string of the molecule is CC1Cc2ccccc2N1C(=O)CN1CC(C(=O)O)C1. The molecule has 1 unspecified atom stereocenters. The predicted molar refractivity (Wildman–Crippen MR) is 74.7 cm³/mol. The van der Waals surface area contributed by atoms with Crippen LogP contribution in [0.2, 0.25) is 0 Å². The molecular formula is C15H18N2O3. The van der Waals surface area contributed by atoms with Gasteiger partial charge in [-0.15, -0.1) is 0 Å². The lowest BCUT2D eigenvalue weighted by molar-refractivity contribution is -0.148. The molecule has 5 nitrogen and oxygen atoms in total. The number of anilines is 1. The summed E-state index contributed by atoms with van der Waals surface area (Å²) in [5.41, 5.74) is 2.21. The molecule has 1 saturated heterocycles. The van der Waals surface area contributed by atoms with Gasteiger partial charge in [-0.25, -0.2) is 0 Å². The summed E-state index contributed by atoms with van der Waals surface area (Å²) in [4.78, 5) is 26.9. The summed E-state index contributed by atoms with van der Waals surface area (Å²) < 4.78 is 0. The topological polar surface area (TPSA) is 60.9 Å². The molecule has 20 heavy (non-hydrogen) atoms. The fourth-order valence-electron chi connectivity index (χ4n) is 3.07. The molecule has 106 valence electrons. The number of nitrogens with zero attached hydrogens (tertiary/aromatic N) is 2. The molecule has 5 heteroatoms. The number of amides is 1. The van der Waals surface area contributed by atoms with E-state index < -0.39 is 5.97 Å². The van der Waals surface area contributed by atoms with E-state index in [-0.39, 0.29) is 17.9 Å². The van der Waals surface area contributed by atoms with Crippen molar-refractivity contribution in [3.63, 3.8) is 0 Å². The number of hydrogen-bond donors (Lipinski definition) is 1. The molecule has 0 saturated carbocycles. The number of hydrogen-bond acceptors (Lipinski definition) is 3. The van der Waals surface area contributed by atoms with E-state index in [4.69, 9.17) is 5.11 Å². The molecular weight excluding hydrogens is 256 g/mol. The molecule has 3 rings (SSSR count). The van der Waals surface area contributed by atoms with Gasteiger partial charge in [0, 0.05) is 24.8 Å². The molecule has 1 amide bonds. The quantitative estimate of drug-likeness (QED) is 0.892. The summed E-state index contributed by atoms with van der Waals surface area (Å²) in [5.74, 6) is -1.02. The number of fused-ring (bicyclic) bond motifs is 1. The van der Waals surface area contributed by atoms with E-state index in [0.717, 1.165) is 12.1 Å². The Labute approximate surface area is 117 Å². The monoisotopic (exact) mass is 274 g/mol. The summed E-state index contributed by atoms with van der Waals surface area (Å²) >= 11 is 0. The van der Waals surface area contributed by atoms with Gasteiger partial charge in [0.1, 0.15) is 0 Å². The van der Waals surface area contributed by atoms with E-state index >= 15 is 0 Å². The van der Waals surface area contributed by atoms with Crippen LogP contribution in [0.4, 0.5) is 5.69 Å². The largest absolute Gasteiger partial charge is 0.481 e. The highest BCUT2D eigenvalue weighted by Gasteiger charge is 2.36. The maximum atomic E-state index is 12.4. The molecule has 1 aromatic rings. The Kier molecular flexibility index (Phi) is 3.22. The van der Waals surface area contributed by atoms with Crippen molar-refractivity contribution in [1.82, 2.24) is 4.90 Å². The number of para-hydroxylation sites is 1. The Bertz CT molecular complexity index is 552. The zero-order valence-electron chi connectivity index (χ0n) is 11.5. The molecule has 2 aliphatic heterocycles. The van der Waals surface area contributed by atoms with Crippen LogP contribution in [-0.2, 0) is 16.0 Å². The Balaban J connectivity index is 1.65. The summed E-state index contributed by atoms with van der Waals surface area (Å²) in [6.07, 6.45) is 0.889. The van der Waals surface area contributed by atoms with Crippen LogP contribution < -0.4 is 4.90 Å². The van der Waals surface area contributed by atoms with E-state index in [2.05, 4.69) is 6.07 Å². The van der Waals surface area contributed by atoms with Gasteiger partial charge in [-0.2, -0.15) is 0 Å². The van der Waals surface area contributed by atoms with Crippen molar-refractivity contribution in [3.8, 4) is 0 Å². The third kappa shape index (κ3) is 2.18. The van der Waals surface area contributed by atoms with Crippen LogP contribution >= 0.6 is 0 Å². The van der Waals surface area contributed by atoms with Gasteiger partial charge in [-0.1, -0.05) is 18.2 Å². The number of carboxylic acid groups (broad SMARTS) is 1. The lowest BCUT2D eigenvalue weighted by Crippen LogP contribution is -2.54. The first kappa shape index (κ1) is 13.1. The molecule has 1 fully saturated rings. The fraction of sp³-hybridized carbons (Fsp3) is 0.467. The Morgan fingerprint density at radius 3 is 2.70 bits per heavy atom. The number of carbonyl (C=O) groups excluding carboxylic acids is 1. The Morgan fingerprint density at radius 2 is 2.00 bits per heavy atom. The van der Waals surface area contributed by atoms with Gasteiger partial charge in [0.2, 0.25) is 5.91 Å². The van der Waals surface area contributed by atoms with Crippen LogP contribution in [0.3, 0.4) is 0 Å². The molecule has 0 aliphatic carbocycles. The molecule has 1 N–H and O–H groups in total. The van der Waals surface area contributed by atoms with Crippen molar-refractivity contribution in [3.05, 3.63) is 29.8 Å². The van der Waals surface area contributed by atoms with Gasteiger partial charge in [0.15, 0.2) is 0 Å². The first-order valence-corrected chi connectivity index (χ1v) is 6.91. The van der Waals surface area contributed by atoms with Crippen LogP contribution in [0.15, 0.2) is 24.3 Å². The van der Waals surface area contributed by atoms with Crippen molar-refractivity contribution < 1.29 is 14.7 Å². The lowest BCUT2D eigenvalue weighted by atomic mass is 10.0. The maximum Gasteiger partial charge on any atom is 0.309 e. The first-order valence-electron chi connectivity index (χ1n) is 6.91. The Morgan fingerprint density at radius 1 is 1.30 bits per heavy atom. The standard InChI is InChI=1S/C15H18N2O3/c1-10-6-11-4-2-3-5-13(11)17(10)14(18)9-16-7-12(8-16)15(19)20/h2-5,10,12H,6-9H2,1H3,(H,19,20). The predicted octanol–water partition coefficient (Wildman–Crippen LogP) is 0.981. The smallest absolute Gasteiger partial charge is 0.309 e. The number of carbonyl (C=O) groups is 2. The number of rotatable bonds is 3. The minimum absolute atomic E-state index is 0.0614. The average molecular weight is 274 g/mol. The highest BCUT2D eigenvalue weighted by molar-refractivity contribution is 5.97. The van der Waals surface area contributed by atoms with E-state index in [1.165, 1.54) is 5.56 Å². The number of carboxylic acids is 1. The number of likely N-dealkylation sites (tertiary alicyclic amines) is 1. The van der Waals surface area contributed by atoms with Gasteiger partial charge >= 0.3 is 5.97 Å². The second-order valence-corrected chi connectivity index (χ2v) is 5.67. The second kappa shape index (κ2) is 4.90. The summed E-state index contributed by atoms with van der Waals surface area (Å²) in [5, 5.41) is 8.85. The third-order valence-corrected chi connectivity index (χ3v) is 4.14. The summed E-state index contributed by atoms with van der Waals surface area (Å²) in [6.45, 7) is 3.31. The Hall–Kier alpha value is -1.88. The van der Waals surface area contributed by atoms with Crippen LogP contribution in [-0.4, -0.2) is 47.6 Å². The van der Waals surface area contributed by atoms with Crippen molar-refractivity contribution in [2.75, 3.05) is 24.5 Å². The van der Waals surface area contributed by atoms with Crippen LogP contribution in [0, 0.1) is 5.92 Å². The molecule has 0 radical (unpaired) electrons. The highest BCUT2D eigenvalue weighted by Crippen LogP contribution is 2.32. The highest BCUT2D eigenvalue weighted by atomic mass is 16.4. The van der Waals surface area contributed by atoms with Crippen LogP contribution in [0.5, 0.6) is 0 Å². The van der Waals surface area contributed by atoms with Crippen molar-refractivity contribution >= 4 is 17.6 Å². The molecule has 1 aromatic carbocycles. The lowest BCUT2D eigenvalue weighted by Gasteiger charge is -2.37. The van der Waals surface area contributed by atoms with Crippen LogP contribution in [0.1, 0.15) is 12.5 Å². The maximum absolute atomic E-state index is 12.4. The zero-order valence-corrected chi connectivity index (χ0v) is 11.5. The van der Waals surface area contributed by atoms with Gasteiger partial charge in [-0.05, 0) is 25.0 Å². The summed E-state index contributed by atoms with van der Waals surface area (Å²) in [6, 6.07) is 8.15. The van der Waals surface area contributed by atoms with Gasteiger partial charge in [0.25, 0.3) is 0 Å². The minimum atomic E-state index is -0.770. The summed E-state index contributed by atoms with van der Waals surface area (Å²) in [7, 11) is 0. The number of aliphatic carboxylic acids is 1. The minimum Gasteiger partial charge on any atom is -0.481 e. The molecule has 0 aromatic heterocycles. The average Bonchev–Trinajstić information content (AvgIpc) is 2.68. The molecule has 2 aliphatic rings. The first-order chi connectivity index (χ1) is 9.56. The molecule has 2 heterocycles. The molecule has 0 spiro atoms. The van der Waals surface area contributed by atoms with Gasteiger partial charge < -0.3 is 10.0 Å². The van der Waals surface area contributed by atoms with E-state index in [1.54, 1.807) is 0 Å². The molecule has 0 bridgehead atoms. The zero-order chi connectivity index (χ0) is 14.3. The normalized spacial score (nSPS) is 22.4. The second-order valence-electron chi connectivity index (χ2n) is 5.67. The third-order valence-electron chi connectivity index (χ3n) is 4.14. The number of benzene rings is 1. The van der Waals surface area contributed by atoms with Gasteiger partial charge in [-0.3, -0.25) is 14.5 Å². The van der Waals surface area contributed by atoms with Crippen molar-refractivity contribution in [1.29, 1.82) is 0 Å². The van der Waals surface area contributed by atoms with Crippen molar-refractivity contribution in [2.45, 2.75) is 19.4 Å². The van der Waals surface area contributed by atoms with Gasteiger partial charge in [0.05, 0.1) is 12.5 Å². The van der Waals surface area contributed by atoms with Crippen molar-refractivity contribution in [2.24, 2.45) is 5.92 Å². The fourth-order valence-corrected chi connectivity index (χ4v) is 3.07. The van der Waals surface area contributed by atoms with E-state index in [0.29, 0.717) is 19.6 Å². The van der Waals surface area contributed by atoms with E-state index in [1.807, 2.05) is 34.9 Å². The molecule has 1 atom stereocenters. The van der Waals surface area contributed by atoms with E-state index in [9.17, 15) is 9.59 Å².